The Bertz CT molecular complexity index is 1600. The third-order valence-corrected chi connectivity index (χ3v) is 5.97. The van der Waals surface area contributed by atoms with Crippen LogP contribution in [0.1, 0.15) is 34.5 Å². The van der Waals surface area contributed by atoms with Crippen LogP contribution in [0, 0.1) is 5.41 Å². The van der Waals surface area contributed by atoms with E-state index in [1.807, 2.05) is 0 Å². The number of halogens is 3. The summed E-state index contributed by atoms with van der Waals surface area (Å²) in [6.45, 7) is 1.91. The van der Waals surface area contributed by atoms with Crippen molar-refractivity contribution in [3.63, 3.8) is 0 Å². The van der Waals surface area contributed by atoms with Gasteiger partial charge in [0.15, 0.2) is 18.1 Å². The van der Waals surface area contributed by atoms with Gasteiger partial charge >= 0.3 is 12.1 Å². The summed E-state index contributed by atoms with van der Waals surface area (Å²) in [5.41, 5.74) is 12.0. The zero-order valence-corrected chi connectivity index (χ0v) is 26.2. The Labute approximate surface area is 272 Å². The number of hydrogen-bond donors (Lipinski definition) is 6. The number of benzene rings is 2. The number of nitrogens with one attached hydrogen (secondary N) is 4. The van der Waals surface area contributed by atoms with E-state index in [-0.39, 0.29) is 29.8 Å². The maximum atomic E-state index is 13.4. The molecule has 2 aromatic carbocycles. The number of pyridine rings is 1. The maximum Gasteiger partial charge on any atom is 0.490 e. The van der Waals surface area contributed by atoms with Gasteiger partial charge in [-0.25, -0.2) is 9.78 Å². The minimum atomic E-state index is -5.08. The summed E-state index contributed by atoms with van der Waals surface area (Å²) in [4.78, 5) is 52.5. The molecule has 1 atom stereocenters. The summed E-state index contributed by atoms with van der Waals surface area (Å²) in [7, 11) is 4.63. The van der Waals surface area contributed by atoms with Crippen molar-refractivity contribution in [1.29, 1.82) is 5.41 Å². The smallest absolute Gasteiger partial charge is 0.490 e. The lowest BCUT2D eigenvalue weighted by Gasteiger charge is -2.22. The second-order valence-corrected chi connectivity index (χ2v) is 9.59. The molecule has 1 aromatic heterocycles. The van der Waals surface area contributed by atoms with Crippen LogP contribution in [-0.4, -0.2) is 85.1 Å². The van der Waals surface area contributed by atoms with Gasteiger partial charge in [-0.05, 0) is 61.0 Å². The van der Waals surface area contributed by atoms with E-state index >= 15 is 0 Å². The quantitative estimate of drug-likeness (QED) is 0.0929. The van der Waals surface area contributed by atoms with Gasteiger partial charge in [-0.3, -0.25) is 30.6 Å². The minimum Gasteiger partial charge on any atom is -0.490 e. The van der Waals surface area contributed by atoms with E-state index in [9.17, 15) is 27.6 Å². The molecular formula is C30H34F3N7O8. The number of nitrogens with two attached hydrogens (primary N) is 1. The summed E-state index contributed by atoms with van der Waals surface area (Å²) in [6, 6.07) is 13.5. The van der Waals surface area contributed by atoms with Crippen molar-refractivity contribution >= 4 is 35.2 Å². The van der Waals surface area contributed by atoms with E-state index in [1.165, 1.54) is 24.3 Å². The van der Waals surface area contributed by atoms with Crippen molar-refractivity contribution in [2.45, 2.75) is 19.1 Å². The molecule has 15 nitrogen and oxygen atoms in total. The molecule has 0 fully saturated rings. The number of amides is 3. The maximum absolute atomic E-state index is 13.4. The molecule has 3 amide bonds. The first kappa shape index (κ1) is 38.1. The lowest BCUT2D eigenvalue weighted by atomic mass is 10.0. The number of nitrogen functional groups attached to an aromatic ring is 1. The minimum absolute atomic E-state index is 0.0934. The second-order valence-electron chi connectivity index (χ2n) is 9.59. The van der Waals surface area contributed by atoms with E-state index in [4.69, 9.17) is 35.3 Å². The van der Waals surface area contributed by atoms with Gasteiger partial charge in [0, 0.05) is 31.5 Å². The molecule has 0 aliphatic carbocycles. The number of amidine groups is 1. The molecule has 0 aliphatic heterocycles. The molecule has 7 N–H and O–H groups in total. The number of carboxylic acid groups (broad SMARTS) is 1. The Morgan fingerprint density at radius 1 is 1.02 bits per heavy atom. The number of likely N-dealkylation sites (N-methyl/N-ethyl adjacent to an activating group) is 1. The highest BCUT2D eigenvalue weighted by molar-refractivity contribution is 5.98. The number of nitrogens with zero attached hydrogens (tertiary/aromatic N) is 2. The van der Waals surface area contributed by atoms with E-state index < -0.39 is 30.0 Å². The standard InChI is InChI=1S/C28H33N7O6.C2HF3O2/c1-5-40-22-15-18(10-13-21(22)41-16-23(36)35(2)3)24(32-19-11-8-17(9-12-19)25(29)30)27(38)34-33-26(37)20-7-6-14-31-28(20)39-4;3-2(4,5)1(6)7/h6-15,24,32H,5,16H2,1-4H3,(H3,29,30)(H,33,37)(H,34,38);(H,6,7). The van der Waals surface area contributed by atoms with Crippen molar-refractivity contribution < 1.29 is 51.7 Å². The molecule has 18 heteroatoms. The number of carbonyl (C=O) groups is 4. The number of alkyl halides is 3. The molecule has 0 aliphatic rings. The van der Waals surface area contributed by atoms with Crippen molar-refractivity contribution in [2.24, 2.45) is 5.73 Å². The van der Waals surface area contributed by atoms with Crippen LogP contribution in [0.2, 0.25) is 0 Å². The molecule has 0 saturated carbocycles. The number of aliphatic carboxylic acids is 1. The fourth-order valence-corrected chi connectivity index (χ4v) is 3.56. The van der Waals surface area contributed by atoms with E-state index in [1.54, 1.807) is 69.6 Å². The number of hydrogen-bond acceptors (Lipinski definition) is 10. The molecule has 3 rings (SSSR count). The summed E-state index contributed by atoms with van der Waals surface area (Å²) in [6.07, 6.45) is -3.61. The molecule has 0 radical (unpaired) electrons. The topological polar surface area (TPSA) is 218 Å². The number of aromatic nitrogens is 1. The van der Waals surface area contributed by atoms with Crippen molar-refractivity contribution in [1.82, 2.24) is 20.7 Å². The summed E-state index contributed by atoms with van der Waals surface area (Å²) >= 11 is 0. The predicted octanol–water partition coefficient (Wildman–Crippen LogP) is 2.49. The van der Waals surface area contributed by atoms with Gasteiger partial charge < -0.3 is 35.3 Å². The number of ether oxygens (including phenoxy) is 3. The first-order chi connectivity index (χ1) is 22.6. The van der Waals surface area contributed by atoms with Crippen LogP contribution in [0.25, 0.3) is 0 Å². The van der Waals surface area contributed by atoms with Crippen LogP contribution >= 0.6 is 0 Å². The highest BCUT2D eigenvalue weighted by Crippen LogP contribution is 2.32. The number of carboxylic acids is 1. The van der Waals surface area contributed by atoms with E-state index in [0.717, 1.165) is 0 Å². The predicted molar refractivity (Wildman–Crippen MR) is 166 cm³/mol. The van der Waals surface area contributed by atoms with Gasteiger partial charge in [0.25, 0.3) is 17.7 Å². The van der Waals surface area contributed by atoms with Crippen molar-refractivity contribution in [3.05, 3.63) is 77.5 Å². The molecular weight excluding hydrogens is 643 g/mol. The largest absolute Gasteiger partial charge is 0.490 e. The first-order valence-electron chi connectivity index (χ1n) is 13.8. The van der Waals surface area contributed by atoms with E-state index in [2.05, 4.69) is 21.2 Å². The Hall–Kier alpha value is -6.07. The van der Waals surface area contributed by atoms with Crippen LogP contribution in [-0.2, 0) is 14.4 Å². The monoisotopic (exact) mass is 677 g/mol. The highest BCUT2D eigenvalue weighted by atomic mass is 19.4. The fraction of sp³-hybridized carbons (Fsp3) is 0.267. The average molecular weight is 678 g/mol. The molecule has 3 aromatic rings. The SMILES string of the molecule is CCOc1cc(C(Nc2ccc(C(=N)N)cc2)C(=O)NNC(=O)c2cccnc2OC)ccc1OCC(=O)N(C)C.O=C(O)C(F)(F)F. The van der Waals surface area contributed by atoms with E-state index in [0.29, 0.717) is 34.9 Å². The Kier molecular flexibility index (Phi) is 14.0. The lowest BCUT2D eigenvalue weighted by Crippen LogP contribution is -2.45. The van der Waals surface area contributed by atoms with Gasteiger partial charge in [0.2, 0.25) is 5.88 Å². The van der Waals surface area contributed by atoms with Crippen LogP contribution in [0.15, 0.2) is 60.8 Å². The summed E-state index contributed by atoms with van der Waals surface area (Å²) in [5.74, 6) is -3.56. The zero-order chi connectivity index (χ0) is 36.0. The highest BCUT2D eigenvalue weighted by Gasteiger charge is 2.38. The molecule has 0 spiro atoms. The van der Waals surface area contributed by atoms with Crippen molar-refractivity contribution in [3.8, 4) is 17.4 Å². The third kappa shape index (κ3) is 11.4. The first-order valence-corrected chi connectivity index (χ1v) is 13.8. The van der Waals surface area contributed by atoms with Gasteiger partial charge in [0.05, 0.1) is 13.7 Å². The van der Waals surface area contributed by atoms with Gasteiger partial charge in [-0.15, -0.1) is 0 Å². The third-order valence-electron chi connectivity index (χ3n) is 5.97. The molecule has 1 heterocycles. The van der Waals surface area contributed by atoms with Crippen molar-refractivity contribution in [2.75, 3.05) is 39.7 Å². The number of methoxy groups -OCH3 is 1. The number of anilines is 1. The van der Waals surface area contributed by atoms with Crippen LogP contribution in [0.3, 0.4) is 0 Å². The average Bonchev–Trinajstić information content (AvgIpc) is 3.05. The van der Waals surface area contributed by atoms with Gasteiger partial charge in [-0.1, -0.05) is 6.07 Å². The van der Waals surface area contributed by atoms with Gasteiger partial charge in [0.1, 0.15) is 17.4 Å². The lowest BCUT2D eigenvalue weighted by molar-refractivity contribution is -0.192. The molecule has 0 saturated heterocycles. The van der Waals surface area contributed by atoms with Crippen LogP contribution in [0.4, 0.5) is 18.9 Å². The summed E-state index contributed by atoms with van der Waals surface area (Å²) in [5, 5.41) is 17.9. The summed E-state index contributed by atoms with van der Waals surface area (Å²) < 4.78 is 48.3. The number of rotatable bonds is 12. The van der Waals surface area contributed by atoms with Crippen LogP contribution < -0.4 is 36.1 Å². The van der Waals surface area contributed by atoms with Gasteiger partial charge in [-0.2, -0.15) is 13.2 Å². The Morgan fingerprint density at radius 3 is 2.21 bits per heavy atom. The van der Waals surface area contributed by atoms with Crippen LogP contribution in [0.5, 0.6) is 17.4 Å². The zero-order valence-electron chi connectivity index (χ0n) is 26.2. The molecule has 0 bridgehead atoms. The molecule has 1 unspecified atom stereocenters. The Morgan fingerprint density at radius 2 is 1.67 bits per heavy atom. The number of hydrazine groups is 1. The molecule has 258 valence electrons. The normalized spacial score (nSPS) is 11.1. The second kappa shape index (κ2) is 17.6. The Balaban J connectivity index is 0.00000103. The fourth-order valence-electron chi connectivity index (χ4n) is 3.56. The number of carbonyl (C=O) groups excluding carboxylic acids is 3. The molecule has 48 heavy (non-hydrogen) atoms.